The first-order valence-electron chi connectivity index (χ1n) is 10.7. The predicted octanol–water partition coefficient (Wildman–Crippen LogP) is 4.11. The largest absolute Gasteiger partial charge is 0.345 e. The second-order valence-corrected chi connectivity index (χ2v) is 11.9. The number of aromatic nitrogens is 1. The number of amides is 1. The van der Waals surface area contributed by atoms with Crippen LogP contribution in [0.15, 0.2) is 47.4 Å². The molecule has 2 fully saturated rings. The average Bonchev–Trinajstić information content (AvgIpc) is 3.46. The minimum absolute atomic E-state index is 0.124. The van der Waals surface area contributed by atoms with Crippen LogP contribution in [0.4, 0.5) is 5.13 Å². The fourth-order valence-electron chi connectivity index (χ4n) is 4.37. The number of hydrogen-bond acceptors (Lipinski definition) is 6. The number of thiazole rings is 1. The number of sulfonamides is 1. The molecule has 0 aliphatic carbocycles. The molecule has 0 bridgehead atoms. The summed E-state index contributed by atoms with van der Waals surface area (Å²) in [4.78, 5) is 22.1. The number of benzene rings is 2. The first-order chi connectivity index (χ1) is 15.8. The number of carbonyl (C=O) groups excluding carboxylic acids is 1. The zero-order valence-electron chi connectivity index (χ0n) is 17.7. The lowest BCUT2D eigenvalue weighted by Gasteiger charge is -2.37. The molecule has 3 heterocycles. The molecule has 2 aromatic carbocycles. The van der Waals surface area contributed by atoms with Crippen molar-refractivity contribution in [3.8, 4) is 0 Å². The maximum absolute atomic E-state index is 13.3. The average molecular weight is 525 g/mol. The summed E-state index contributed by atoms with van der Waals surface area (Å²) in [6.07, 6.45) is 1.20. The number of nitrogens with zero attached hydrogens (tertiary/aromatic N) is 4. The SMILES string of the molecule is O=C(C1CCCN1S(=O)(=O)c1ccc(Cl)cc1)N1CCN(c2nc3ccc(Cl)cc3s2)CC1. The monoisotopic (exact) mass is 524 g/mol. The van der Waals surface area contributed by atoms with E-state index in [1.54, 1.807) is 28.4 Å². The van der Waals surface area contributed by atoms with E-state index in [1.165, 1.54) is 16.4 Å². The minimum atomic E-state index is -3.76. The molecule has 1 atom stereocenters. The van der Waals surface area contributed by atoms with E-state index in [0.717, 1.165) is 15.3 Å². The van der Waals surface area contributed by atoms with Crippen molar-refractivity contribution in [1.29, 1.82) is 0 Å². The summed E-state index contributed by atoms with van der Waals surface area (Å²) in [5, 5.41) is 2.06. The third kappa shape index (κ3) is 4.44. The molecular formula is C22H22Cl2N4O3S2. The van der Waals surface area contributed by atoms with Crippen molar-refractivity contribution in [1.82, 2.24) is 14.2 Å². The van der Waals surface area contributed by atoms with E-state index in [1.807, 2.05) is 18.2 Å². The summed E-state index contributed by atoms with van der Waals surface area (Å²) in [6.45, 7) is 2.70. The Bertz CT molecular complexity index is 1290. The Hall–Kier alpha value is -1.91. The van der Waals surface area contributed by atoms with E-state index in [-0.39, 0.29) is 10.8 Å². The van der Waals surface area contributed by atoms with Crippen molar-refractivity contribution in [3.05, 3.63) is 52.5 Å². The molecule has 1 unspecified atom stereocenters. The molecule has 0 radical (unpaired) electrons. The van der Waals surface area contributed by atoms with Gasteiger partial charge in [0.25, 0.3) is 0 Å². The highest BCUT2D eigenvalue weighted by molar-refractivity contribution is 7.89. The van der Waals surface area contributed by atoms with Gasteiger partial charge in [-0.25, -0.2) is 13.4 Å². The Morgan fingerprint density at radius 1 is 0.970 bits per heavy atom. The summed E-state index contributed by atoms with van der Waals surface area (Å²) in [7, 11) is -3.76. The highest BCUT2D eigenvalue weighted by Crippen LogP contribution is 2.32. The van der Waals surface area contributed by atoms with Crippen LogP contribution < -0.4 is 4.90 Å². The number of hydrogen-bond donors (Lipinski definition) is 0. The Morgan fingerprint density at radius 3 is 2.39 bits per heavy atom. The van der Waals surface area contributed by atoms with Gasteiger partial charge in [-0.2, -0.15) is 4.31 Å². The molecule has 3 aromatic rings. The zero-order valence-corrected chi connectivity index (χ0v) is 20.8. The first kappa shape index (κ1) is 22.9. The molecule has 33 heavy (non-hydrogen) atoms. The van der Waals surface area contributed by atoms with Gasteiger partial charge in [-0.05, 0) is 55.3 Å². The van der Waals surface area contributed by atoms with Gasteiger partial charge in [0.15, 0.2) is 5.13 Å². The van der Waals surface area contributed by atoms with Crippen molar-refractivity contribution >= 4 is 65.8 Å². The lowest BCUT2D eigenvalue weighted by molar-refractivity contribution is -0.134. The molecule has 5 rings (SSSR count). The number of carbonyl (C=O) groups is 1. The van der Waals surface area contributed by atoms with Crippen LogP contribution in [0.2, 0.25) is 10.0 Å². The van der Waals surface area contributed by atoms with Crippen LogP contribution in [0.3, 0.4) is 0 Å². The highest BCUT2D eigenvalue weighted by Gasteiger charge is 2.41. The third-order valence-corrected chi connectivity index (χ3v) is 9.60. The van der Waals surface area contributed by atoms with Gasteiger partial charge in [-0.15, -0.1) is 0 Å². The Morgan fingerprint density at radius 2 is 1.67 bits per heavy atom. The quantitative estimate of drug-likeness (QED) is 0.513. The number of piperazine rings is 1. The minimum Gasteiger partial charge on any atom is -0.345 e. The van der Waals surface area contributed by atoms with Crippen LogP contribution in [0, 0.1) is 0 Å². The standard InChI is InChI=1S/C22H22Cl2N4O3S2/c23-15-3-6-17(7-4-15)33(30,31)28-9-1-2-19(28)21(29)26-10-12-27(13-11-26)22-25-18-8-5-16(24)14-20(18)32-22/h3-8,14,19H,1-2,9-13H2. The molecule has 0 N–H and O–H groups in total. The normalized spacial score (nSPS) is 20.0. The van der Waals surface area contributed by atoms with Crippen molar-refractivity contribution < 1.29 is 13.2 Å². The fourth-order valence-corrected chi connectivity index (χ4v) is 7.44. The van der Waals surface area contributed by atoms with Gasteiger partial charge in [0.1, 0.15) is 6.04 Å². The molecule has 2 aliphatic heterocycles. The molecule has 1 aromatic heterocycles. The lowest BCUT2D eigenvalue weighted by Crippen LogP contribution is -2.54. The van der Waals surface area contributed by atoms with E-state index in [0.29, 0.717) is 55.6 Å². The van der Waals surface area contributed by atoms with Crippen molar-refractivity contribution in [2.75, 3.05) is 37.6 Å². The first-order valence-corrected chi connectivity index (χ1v) is 13.7. The Kier molecular flexibility index (Phi) is 6.26. The van der Waals surface area contributed by atoms with Crippen molar-refractivity contribution in [2.45, 2.75) is 23.8 Å². The summed E-state index contributed by atoms with van der Waals surface area (Å²) in [5.41, 5.74) is 0.909. The maximum atomic E-state index is 13.3. The number of rotatable bonds is 4. The third-order valence-electron chi connectivity index (χ3n) is 6.11. The van der Waals surface area contributed by atoms with Gasteiger partial charge in [0, 0.05) is 42.8 Å². The van der Waals surface area contributed by atoms with Crippen LogP contribution in [0.1, 0.15) is 12.8 Å². The van der Waals surface area contributed by atoms with E-state index in [4.69, 9.17) is 28.2 Å². The van der Waals surface area contributed by atoms with Gasteiger partial charge in [-0.1, -0.05) is 34.5 Å². The van der Waals surface area contributed by atoms with E-state index in [9.17, 15) is 13.2 Å². The van der Waals surface area contributed by atoms with E-state index in [2.05, 4.69) is 4.90 Å². The Balaban J connectivity index is 1.27. The smallest absolute Gasteiger partial charge is 0.243 e. The van der Waals surface area contributed by atoms with Crippen LogP contribution in [-0.4, -0.2) is 67.3 Å². The van der Waals surface area contributed by atoms with Crippen LogP contribution in [0.25, 0.3) is 10.2 Å². The lowest BCUT2D eigenvalue weighted by atomic mass is 10.2. The highest BCUT2D eigenvalue weighted by atomic mass is 35.5. The molecule has 2 saturated heterocycles. The number of fused-ring (bicyclic) bond motifs is 1. The Labute approximate surface area is 206 Å². The molecule has 0 saturated carbocycles. The van der Waals surface area contributed by atoms with Gasteiger partial charge in [0.05, 0.1) is 15.1 Å². The van der Waals surface area contributed by atoms with Crippen molar-refractivity contribution in [3.63, 3.8) is 0 Å². The summed E-state index contributed by atoms with van der Waals surface area (Å²) in [5.74, 6) is -0.124. The molecule has 11 heteroatoms. The second-order valence-electron chi connectivity index (χ2n) is 8.15. The van der Waals surface area contributed by atoms with Crippen LogP contribution in [0.5, 0.6) is 0 Å². The van der Waals surface area contributed by atoms with Gasteiger partial charge in [-0.3, -0.25) is 4.79 Å². The maximum Gasteiger partial charge on any atom is 0.243 e. The summed E-state index contributed by atoms with van der Waals surface area (Å²) < 4.78 is 28.7. The molecular weight excluding hydrogens is 503 g/mol. The van der Waals surface area contributed by atoms with Crippen LogP contribution in [-0.2, 0) is 14.8 Å². The molecule has 2 aliphatic rings. The number of anilines is 1. The molecule has 7 nitrogen and oxygen atoms in total. The fraction of sp³-hybridized carbons (Fsp3) is 0.364. The van der Waals surface area contributed by atoms with Gasteiger partial charge < -0.3 is 9.80 Å². The zero-order chi connectivity index (χ0) is 23.2. The van der Waals surface area contributed by atoms with Crippen molar-refractivity contribution in [2.24, 2.45) is 0 Å². The molecule has 174 valence electrons. The van der Waals surface area contributed by atoms with E-state index < -0.39 is 16.1 Å². The summed E-state index contributed by atoms with van der Waals surface area (Å²) >= 11 is 13.6. The van der Waals surface area contributed by atoms with Gasteiger partial charge >= 0.3 is 0 Å². The number of halogens is 2. The van der Waals surface area contributed by atoms with E-state index >= 15 is 0 Å². The predicted molar refractivity (Wildman–Crippen MR) is 132 cm³/mol. The van der Waals surface area contributed by atoms with Crippen LogP contribution >= 0.6 is 34.5 Å². The summed E-state index contributed by atoms with van der Waals surface area (Å²) in [6, 6.07) is 11.1. The molecule has 0 spiro atoms. The second kappa shape index (κ2) is 9.03. The van der Waals surface area contributed by atoms with Gasteiger partial charge in [0.2, 0.25) is 15.9 Å². The molecule has 1 amide bonds. The topological polar surface area (TPSA) is 73.8 Å².